The zero-order valence-electron chi connectivity index (χ0n) is 15.8. The lowest BCUT2D eigenvalue weighted by Crippen LogP contribution is -2.27. The molecule has 0 aliphatic carbocycles. The van der Waals surface area contributed by atoms with E-state index < -0.39 is 5.97 Å². The Balaban J connectivity index is 1.98. The van der Waals surface area contributed by atoms with Gasteiger partial charge in [-0.2, -0.15) is 0 Å². The summed E-state index contributed by atoms with van der Waals surface area (Å²) in [6, 6.07) is 15.4. The molecule has 0 saturated heterocycles. The van der Waals surface area contributed by atoms with Crippen LogP contribution in [0.15, 0.2) is 65.7 Å². The zero-order chi connectivity index (χ0) is 19.9. The number of carbonyl (C=O) groups excluding carboxylic acids is 2. The molecule has 5 heteroatoms. The van der Waals surface area contributed by atoms with Crippen molar-refractivity contribution in [2.24, 2.45) is 4.99 Å². The van der Waals surface area contributed by atoms with Crippen LogP contribution < -0.4 is 4.90 Å². The number of esters is 1. The van der Waals surface area contributed by atoms with Gasteiger partial charge in [-0.05, 0) is 31.2 Å². The average Bonchev–Trinajstić information content (AvgIpc) is 2.83. The van der Waals surface area contributed by atoms with Crippen LogP contribution in [-0.2, 0) is 14.3 Å². The van der Waals surface area contributed by atoms with Gasteiger partial charge >= 0.3 is 5.97 Å². The van der Waals surface area contributed by atoms with E-state index in [2.05, 4.69) is 16.8 Å². The van der Waals surface area contributed by atoms with E-state index in [0.29, 0.717) is 6.61 Å². The summed E-state index contributed by atoms with van der Waals surface area (Å²) in [5.74, 6) is 5.36. The van der Waals surface area contributed by atoms with Crippen molar-refractivity contribution in [3.63, 3.8) is 0 Å². The van der Waals surface area contributed by atoms with Crippen LogP contribution in [0.4, 0.5) is 5.69 Å². The maximum Gasteiger partial charge on any atom is 0.331 e. The van der Waals surface area contributed by atoms with E-state index in [1.54, 1.807) is 18.9 Å². The maximum atomic E-state index is 12.3. The summed E-state index contributed by atoms with van der Waals surface area (Å²) in [6.45, 7) is 2.18. The van der Waals surface area contributed by atoms with E-state index >= 15 is 0 Å². The smallest absolute Gasteiger partial charge is 0.331 e. The van der Waals surface area contributed by atoms with Gasteiger partial charge < -0.3 is 9.64 Å². The molecule has 1 amide bonds. The second-order valence-corrected chi connectivity index (χ2v) is 6.07. The minimum Gasteiger partial charge on any atom is -0.463 e. The zero-order valence-corrected chi connectivity index (χ0v) is 15.8. The molecule has 28 heavy (non-hydrogen) atoms. The number of anilines is 1. The maximum absolute atomic E-state index is 12.3. The summed E-state index contributed by atoms with van der Waals surface area (Å²) < 4.78 is 4.82. The van der Waals surface area contributed by atoms with E-state index in [1.807, 2.05) is 48.5 Å². The third-order valence-electron chi connectivity index (χ3n) is 4.21. The van der Waals surface area contributed by atoms with Gasteiger partial charge in [-0.1, -0.05) is 42.2 Å². The Labute approximate surface area is 164 Å². The number of nitrogens with zero attached hydrogens (tertiary/aromatic N) is 2. The molecule has 0 spiro atoms. The fraction of sp³-hybridized carbons (Fsp3) is 0.174. The van der Waals surface area contributed by atoms with E-state index in [0.717, 1.165) is 28.1 Å². The predicted octanol–water partition coefficient (Wildman–Crippen LogP) is 2.97. The summed E-state index contributed by atoms with van der Waals surface area (Å²) in [6.07, 6.45) is 2.76. The standard InChI is InChI=1S/C23H20N2O3/c1-3-28-22(27)12-8-7-9-17-13-14-20-19(15-17)23(18-10-5-4-6-11-18)24-16-21(26)25(20)2/h4-6,8,10-15H,3,16H2,1-2H3/b12-8+. The average molecular weight is 372 g/mol. The summed E-state index contributed by atoms with van der Waals surface area (Å²) in [5, 5.41) is 0. The Morgan fingerprint density at radius 3 is 2.79 bits per heavy atom. The van der Waals surface area contributed by atoms with Crippen molar-refractivity contribution in [2.75, 3.05) is 25.1 Å². The van der Waals surface area contributed by atoms with Gasteiger partial charge in [0.2, 0.25) is 5.91 Å². The molecule has 2 aromatic carbocycles. The van der Waals surface area contributed by atoms with Crippen molar-refractivity contribution in [1.29, 1.82) is 0 Å². The molecule has 0 saturated carbocycles. The molecule has 0 atom stereocenters. The molecule has 0 N–H and O–H groups in total. The van der Waals surface area contributed by atoms with E-state index in [4.69, 9.17) is 4.74 Å². The van der Waals surface area contributed by atoms with Crippen LogP contribution in [0.25, 0.3) is 0 Å². The highest BCUT2D eigenvalue weighted by atomic mass is 16.5. The third kappa shape index (κ3) is 4.36. The summed E-state index contributed by atoms with van der Waals surface area (Å²) in [5.41, 5.74) is 4.11. The van der Waals surface area contributed by atoms with Gasteiger partial charge in [-0.25, -0.2) is 4.79 Å². The summed E-state index contributed by atoms with van der Waals surface area (Å²) >= 11 is 0. The number of likely N-dealkylation sites (N-methyl/N-ethyl adjacent to an activating group) is 1. The van der Waals surface area contributed by atoms with Crippen LogP contribution in [0.5, 0.6) is 0 Å². The minimum atomic E-state index is -0.419. The monoisotopic (exact) mass is 372 g/mol. The van der Waals surface area contributed by atoms with Gasteiger partial charge in [-0.15, -0.1) is 0 Å². The van der Waals surface area contributed by atoms with Crippen LogP contribution in [-0.4, -0.2) is 37.8 Å². The number of rotatable bonds is 3. The molecular formula is C23H20N2O3. The molecule has 1 heterocycles. The Bertz CT molecular complexity index is 1010. The largest absolute Gasteiger partial charge is 0.463 e. The van der Waals surface area contributed by atoms with Crippen molar-refractivity contribution in [2.45, 2.75) is 6.92 Å². The van der Waals surface area contributed by atoms with Gasteiger partial charge in [0.1, 0.15) is 6.54 Å². The lowest BCUT2D eigenvalue weighted by Gasteiger charge is -2.18. The highest BCUT2D eigenvalue weighted by Gasteiger charge is 2.22. The van der Waals surface area contributed by atoms with Crippen LogP contribution in [0.1, 0.15) is 23.6 Å². The topological polar surface area (TPSA) is 59.0 Å². The van der Waals surface area contributed by atoms with Gasteiger partial charge in [0.05, 0.1) is 18.0 Å². The second kappa shape index (κ2) is 8.83. The number of amides is 1. The Hall–Kier alpha value is -3.65. The molecule has 1 aliphatic rings. The fourth-order valence-corrected chi connectivity index (χ4v) is 2.84. The Morgan fingerprint density at radius 1 is 1.25 bits per heavy atom. The lowest BCUT2D eigenvalue weighted by atomic mass is 9.98. The number of ether oxygens (including phenoxy) is 1. The predicted molar refractivity (Wildman–Crippen MR) is 109 cm³/mol. The fourth-order valence-electron chi connectivity index (χ4n) is 2.84. The molecule has 0 bridgehead atoms. The van der Waals surface area contributed by atoms with Gasteiger partial charge in [0, 0.05) is 29.8 Å². The van der Waals surface area contributed by atoms with E-state index in [-0.39, 0.29) is 12.5 Å². The van der Waals surface area contributed by atoms with Crippen molar-refractivity contribution in [3.05, 3.63) is 77.4 Å². The van der Waals surface area contributed by atoms with Crippen molar-refractivity contribution >= 4 is 23.3 Å². The summed E-state index contributed by atoms with van der Waals surface area (Å²) in [4.78, 5) is 29.8. The van der Waals surface area contributed by atoms with Gasteiger partial charge in [0.15, 0.2) is 0 Å². The molecule has 0 aromatic heterocycles. The molecular weight excluding hydrogens is 352 g/mol. The van der Waals surface area contributed by atoms with Crippen LogP contribution in [0.2, 0.25) is 0 Å². The van der Waals surface area contributed by atoms with Crippen LogP contribution in [0.3, 0.4) is 0 Å². The first-order valence-electron chi connectivity index (χ1n) is 8.96. The molecule has 5 nitrogen and oxygen atoms in total. The SMILES string of the molecule is CCOC(=O)/C=C/C#Cc1ccc2c(c1)C(c1ccccc1)=NCC(=O)N2C. The normalized spacial score (nSPS) is 13.3. The number of benzodiazepines with no additional fused rings is 1. The van der Waals surface area contributed by atoms with E-state index in [1.165, 1.54) is 12.2 Å². The number of fused-ring (bicyclic) bond motifs is 1. The Kier molecular flexibility index (Phi) is 6.03. The first kappa shape index (κ1) is 19.1. The van der Waals surface area contributed by atoms with Crippen LogP contribution >= 0.6 is 0 Å². The van der Waals surface area contributed by atoms with Crippen molar-refractivity contribution in [3.8, 4) is 11.8 Å². The number of aliphatic imine (C=N–C) groups is 1. The van der Waals surface area contributed by atoms with E-state index in [9.17, 15) is 9.59 Å². The second-order valence-electron chi connectivity index (χ2n) is 6.07. The van der Waals surface area contributed by atoms with Crippen LogP contribution in [0, 0.1) is 11.8 Å². The highest BCUT2D eigenvalue weighted by Crippen LogP contribution is 2.27. The van der Waals surface area contributed by atoms with Gasteiger partial charge in [0.25, 0.3) is 0 Å². The Morgan fingerprint density at radius 2 is 2.04 bits per heavy atom. The molecule has 140 valence electrons. The molecule has 0 radical (unpaired) electrons. The number of carbonyl (C=O) groups is 2. The third-order valence-corrected chi connectivity index (χ3v) is 4.21. The first-order valence-corrected chi connectivity index (χ1v) is 8.96. The highest BCUT2D eigenvalue weighted by molar-refractivity contribution is 6.19. The molecule has 0 unspecified atom stereocenters. The molecule has 2 aromatic rings. The summed E-state index contributed by atoms with van der Waals surface area (Å²) in [7, 11) is 1.75. The molecule has 1 aliphatic heterocycles. The number of hydrogen-bond acceptors (Lipinski definition) is 4. The van der Waals surface area contributed by atoms with Crippen molar-refractivity contribution in [1.82, 2.24) is 0 Å². The molecule has 0 fully saturated rings. The quantitative estimate of drug-likeness (QED) is 0.473. The number of allylic oxidation sites excluding steroid dienone is 1. The minimum absolute atomic E-state index is 0.0663. The van der Waals surface area contributed by atoms with Crippen molar-refractivity contribution < 1.29 is 14.3 Å². The first-order chi connectivity index (χ1) is 13.6. The number of hydrogen-bond donors (Lipinski definition) is 0. The lowest BCUT2D eigenvalue weighted by molar-refractivity contribution is -0.137. The van der Waals surface area contributed by atoms with Gasteiger partial charge in [-0.3, -0.25) is 9.79 Å². The molecule has 3 rings (SSSR count). The number of benzene rings is 2.